The molecule has 16 heavy (non-hydrogen) atoms. The summed E-state index contributed by atoms with van der Waals surface area (Å²) in [4.78, 5) is 24.1. The molecule has 1 heterocycles. The van der Waals surface area contributed by atoms with E-state index in [1.165, 1.54) is 7.11 Å². The van der Waals surface area contributed by atoms with Gasteiger partial charge in [-0.1, -0.05) is 18.2 Å². The minimum Gasteiger partial charge on any atom is -0.463 e. The number of fused-ring (bicyclic) bond motifs is 1. The van der Waals surface area contributed by atoms with Gasteiger partial charge in [0.2, 0.25) is 5.78 Å². The van der Waals surface area contributed by atoms with E-state index in [0.29, 0.717) is 6.42 Å². The standard InChI is InChI=1S/C12H12O3S/c1-15-12(14)11(13)9-6-7-16-10-5-3-2-4-8(9)10/h2-5,9H,6-7H2,1H3. The van der Waals surface area contributed by atoms with Crippen LogP contribution in [0.5, 0.6) is 0 Å². The Morgan fingerprint density at radius 1 is 1.38 bits per heavy atom. The summed E-state index contributed by atoms with van der Waals surface area (Å²) in [5.74, 6) is -0.642. The van der Waals surface area contributed by atoms with Gasteiger partial charge in [-0.05, 0) is 23.8 Å². The molecule has 0 saturated carbocycles. The van der Waals surface area contributed by atoms with E-state index in [1.807, 2.05) is 24.3 Å². The predicted molar refractivity (Wildman–Crippen MR) is 61.5 cm³/mol. The Bertz CT molecular complexity index is 428. The molecule has 0 radical (unpaired) electrons. The summed E-state index contributed by atoms with van der Waals surface area (Å²) < 4.78 is 4.48. The number of carbonyl (C=O) groups is 2. The molecule has 3 nitrogen and oxygen atoms in total. The van der Waals surface area contributed by atoms with Gasteiger partial charge in [-0.2, -0.15) is 0 Å². The second kappa shape index (κ2) is 4.70. The minimum atomic E-state index is -0.744. The first-order valence-electron chi connectivity index (χ1n) is 5.08. The van der Waals surface area contributed by atoms with Gasteiger partial charge in [-0.15, -0.1) is 11.8 Å². The van der Waals surface area contributed by atoms with Crippen molar-refractivity contribution in [3.05, 3.63) is 29.8 Å². The molecule has 0 spiro atoms. The van der Waals surface area contributed by atoms with Crippen molar-refractivity contribution in [2.24, 2.45) is 0 Å². The number of methoxy groups -OCH3 is 1. The largest absolute Gasteiger partial charge is 0.463 e. The first-order valence-corrected chi connectivity index (χ1v) is 6.06. The summed E-state index contributed by atoms with van der Waals surface area (Å²) in [6.45, 7) is 0. The van der Waals surface area contributed by atoms with Crippen LogP contribution < -0.4 is 0 Å². The molecule has 0 aliphatic carbocycles. The van der Waals surface area contributed by atoms with E-state index in [2.05, 4.69) is 4.74 Å². The van der Waals surface area contributed by atoms with Crippen molar-refractivity contribution in [3.63, 3.8) is 0 Å². The number of benzene rings is 1. The first kappa shape index (κ1) is 11.2. The van der Waals surface area contributed by atoms with E-state index in [0.717, 1.165) is 16.2 Å². The highest BCUT2D eigenvalue weighted by Crippen LogP contribution is 2.37. The summed E-state index contributed by atoms with van der Waals surface area (Å²) in [7, 11) is 1.24. The summed E-state index contributed by atoms with van der Waals surface area (Å²) in [5.41, 5.74) is 0.953. The second-order valence-corrected chi connectivity index (χ2v) is 4.72. The van der Waals surface area contributed by atoms with E-state index >= 15 is 0 Å². The van der Waals surface area contributed by atoms with Crippen molar-refractivity contribution >= 4 is 23.5 Å². The molecule has 1 aliphatic rings. The maximum Gasteiger partial charge on any atom is 0.374 e. The first-order chi connectivity index (χ1) is 7.74. The van der Waals surface area contributed by atoms with Crippen LogP contribution >= 0.6 is 11.8 Å². The van der Waals surface area contributed by atoms with Crippen molar-refractivity contribution in [1.82, 2.24) is 0 Å². The van der Waals surface area contributed by atoms with Gasteiger partial charge >= 0.3 is 5.97 Å². The van der Waals surface area contributed by atoms with Gasteiger partial charge < -0.3 is 4.74 Å². The number of rotatable bonds is 2. The SMILES string of the molecule is COC(=O)C(=O)C1CCSc2ccccc21. The van der Waals surface area contributed by atoms with Crippen LogP contribution in [0.3, 0.4) is 0 Å². The zero-order valence-electron chi connectivity index (χ0n) is 8.93. The maximum absolute atomic E-state index is 11.8. The van der Waals surface area contributed by atoms with Gasteiger partial charge in [0.15, 0.2) is 0 Å². The topological polar surface area (TPSA) is 43.4 Å². The highest BCUT2D eigenvalue weighted by Gasteiger charge is 2.31. The molecule has 0 amide bonds. The lowest BCUT2D eigenvalue weighted by Crippen LogP contribution is -2.25. The molecule has 0 aromatic heterocycles. The van der Waals surface area contributed by atoms with E-state index in [9.17, 15) is 9.59 Å². The highest BCUT2D eigenvalue weighted by molar-refractivity contribution is 7.99. The Labute approximate surface area is 98.2 Å². The molecular formula is C12H12O3S. The van der Waals surface area contributed by atoms with Crippen molar-refractivity contribution in [3.8, 4) is 0 Å². The van der Waals surface area contributed by atoms with Crippen LogP contribution in [0.1, 0.15) is 17.9 Å². The number of ketones is 1. The molecule has 1 unspecified atom stereocenters. The predicted octanol–water partition coefficient (Wildman–Crippen LogP) is 2.01. The van der Waals surface area contributed by atoms with E-state index in [-0.39, 0.29) is 5.92 Å². The third-order valence-electron chi connectivity index (χ3n) is 2.66. The number of carbonyl (C=O) groups excluding carboxylic acids is 2. The molecule has 0 bridgehead atoms. The van der Waals surface area contributed by atoms with Crippen LogP contribution in [0, 0.1) is 0 Å². The summed E-state index contributed by atoms with van der Waals surface area (Å²) in [5, 5.41) is 0. The Morgan fingerprint density at radius 3 is 2.88 bits per heavy atom. The third-order valence-corrected chi connectivity index (χ3v) is 3.78. The Morgan fingerprint density at radius 2 is 2.12 bits per heavy atom. The lowest BCUT2D eigenvalue weighted by atomic mass is 9.91. The Balaban J connectivity index is 2.32. The van der Waals surface area contributed by atoms with Crippen molar-refractivity contribution in [1.29, 1.82) is 0 Å². The van der Waals surface area contributed by atoms with Gasteiger partial charge in [0.05, 0.1) is 13.0 Å². The number of hydrogen-bond donors (Lipinski definition) is 0. The number of thioether (sulfide) groups is 1. The van der Waals surface area contributed by atoms with Crippen LogP contribution in [0.15, 0.2) is 29.2 Å². The lowest BCUT2D eigenvalue weighted by Gasteiger charge is -2.22. The van der Waals surface area contributed by atoms with Crippen molar-refractivity contribution < 1.29 is 14.3 Å². The molecule has 0 saturated heterocycles. The van der Waals surface area contributed by atoms with Crippen molar-refractivity contribution in [2.45, 2.75) is 17.2 Å². The van der Waals surface area contributed by atoms with E-state index in [1.54, 1.807) is 11.8 Å². The number of ether oxygens (including phenoxy) is 1. The van der Waals surface area contributed by atoms with Crippen LogP contribution in [0.25, 0.3) is 0 Å². The average Bonchev–Trinajstić information content (AvgIpc) is 2.36. The number of Topliss-reactive ketones (excluding diaryl/α,β-unsaturated/α-hetero) is 1. The lowest BCUT2D eigenvalue weighted by molar-refractivity contribution is -0.152. The average molecular weight is 236 g/mol. The molecule has 0 N–H and O–H groups in total. The fourth-order valence-corrected chi connectivity index (χ4v) is 2.98. The summed E-state index contributed by atoms with van der Waals surface area (Å²) >= 11 is 1.72. The molecule has 1 aromatic rings. The molecule has 4 heteroatoms. The fraction of sp³-hybridized carbons (Fsp3) is 0.333. The maximum atomic E-state index is 11.8. The zero-order valence-corrected chi connectivity index (χ0v) is 9.75. The van der Waals surface area contributed by atoms with Gasteiger partial charge in [0.25, 0.3) is 0 Å². The summed E-state index contributed by atoms with van der Waals surface area (Å²) in [6.07, 6.45) is 0.704. The zero-order chi connectivity index (χ0) is 11.5. The number of hydrogen-bond acceptors (Lipinski definition) is 4. The molecule has 84 valence electrons. The minimum absolute atomic E-state index is 0.329. The quantitative estimate of drug-likeness (QED) is 0.582. The Hall–Kier alpha value is -1.29. The van der Waals surface area contributed by atoms with Gasteiger partial charge in [-0.25, -0.2) is 4.79 Å². The van der Waals surface area contributed by atoms with Crippen LogP contribution in [0.4, 0.5) is 0 Å². The summed E-state index contributed by atoms with van der Waals surface area (Å²) in [6, 6.07) is 7.73. The van der Waals surface area contributed by atoms with Crippen molar-refractivity contribution in [2.75, 3.05) is 12.9 Å². The van der Waals surface area contributed by atoms with E-state index < -0.39 is 11.8 Å². The third kappa shape index (κ3) is 1.97. The molecule has 1 aromatic carbocycles. The van der Waals surface area contributed by atoms with Gasteiger partial charge in [0.1, 0.15) is 0 Å². The van der Waals surface area contributed by atoms with Gasteiger partial charge in [0, 0.05) is 4.90 Å². The highest BCUT2D eigenvalue weighted by atomic mass is 32.2. The molecule has 1 atom stereocenters. The van der Waals surface area contributed by atoms with E-state index in [4.69, 9.17) is 0 Å². The molecule has 1 aliphatic heterocycles. The molecule has 2 rings (SSSR count). The number of esters is 1. The van der Waals surface area contributed by atoms with Gasteiger partial charge in [-0.3, -0.25) is 4.79 Å². The van der Waals surface area contributed by atoms with Crippen LogP contribution in [0.2, 0.25) is 0 Å². The molecule has 0 fully saturated rings. The smallest absolute Gasteiger partial charge is 0.374 e. The monoisotopic (exact) mass is 236 g/mol. The second-order valence-electron chi connectivity index (χ2n) is 3.58. The Kier molecular flexibility index (Phi) is 3.29. The molecular weight excluding hydrogens is 224 g/mol. The van der Waals surface area contributed by atoms with Crippen LogP contribution in [-0.4, -0.2) is 24.6 Å². The fourth-order valence-electron chi connectivity index (χ4n) is 1.86. The normalized spacial score (nSPS) is 18.7. The van der Waals surface area contributed by atoms with Crippen LogP contribution in [-0.2, 0) is 14.3 Å².